The zero-order chi connectivity index (χ0) is 69.4. The van der Waals surface area contributed by atoms with Gasteiger partial charge in [-0.05, 0) is 137 Å². The van der Waals surface area contributed by atoms with Crippen LogP contribution in [0, 0.1) is 0 Å². The Kier molecular flexibility index (Phi) is 15.1. The summed E-state index contributed by atoms with van der Waals surface area (Å²) in [7, 11) is 0. The first-order valence-electron chi connectivity index (χ1n) is 35.0. The number of hydrogen-bond donors (Lipinski definition) is 0. The van der Waals surface area contributed by atoms with Crippen LogP contribution in [0.15, 0.2) is 343 Å². The monoisotopic (exact) mass is 1320 g/mol. The van der Waals surface area contributed by atoms with Crippen LogP contribution in [0.5, 0.6) is 0 Å². The minimum Gasteiger partial charge on any atom is -0.335 e. The summed E-state index contributed by atoms with van der Waals surface area (Å²) in [4.78, 5) is 0. The first kappa shape index (κ1) is 61.6. The summed E-state index contributed by atoms with van der Waals surface area (Å²) < 4.78 is 14.2. The van der Waals surface area contributed by atoms with E-state index in [0.29, 0.717) is 0 Å². The van der Waals surface area contributed by atoms with Gasteiger partial charge in [0, 0.05) is 106 Å². The number of benzene rings is 14. The summed E-state index contributed by atoms with van der Waals surface area (Å²) >= 11 is 0. The molecular formula is C97H70N6. The van der Waals surface area contributed by atoms with Crippen LogP contribution in [-0.4, -0.2) is 27.4 Å². The van der Waals surface area contributed by atoms with E-state index >= 15 is 0 Å². The predicted molar refractivity (Wildman–Crippen MR) is 445 cm³/mol. The van der Waals surface area contributed by atoms with E-state index in [2.05, 4.69) is 370 Å². The van der Waals surface area contributed by atoms with E-state index in [0.717, 1.165) is 57.1 Å². The van der Waals surface area contributed by atoms with Crippen molar-refractivity contribution in [3.63, 3.8) is 0 Å². The highest BCUT2D eigenvalue weighted by Crippen LogP contribution is 2.45. The normalized spacial score (nSPS) is 11.6. The molecule has 0 saturated carbocycles. The molecule has 20 aromatic rings. The first-order valence-corrected chi connectivity index (χ1v) is 35.0. The lowest BCUT2D eigenvalue weighted by molar-refractivity contribution is 0.871. The SMILES string of the molecule is C=Cc1ccc(-n2c3ccccc3c3c2ccc2c4ccccc4n(-c4ccc(C=C)cc4)c23)cc1.C=Cc1ccc(-n2c3ccccc3c3c4c(ccc32)c2ccccc2n4C=C)cc1.C=Cc1ccc(Cn2c3ccccc3c3ccc4c(c5ccccc5n4-c4ccc(C=C)cc4)c32)cc1. The van der Waals surface area contributed by atoms with Crippen LogP contribution in [0.3, 0.4) is 0 Å². The Labute approximate surface area is 596 Å². The van der Waals surface area contributed by atoms with Crippen LogP contribution in [0.4, 0.5) is 0 Å². The van der Waals surface area contributed by atoms with Crippen molar-refractivity contribution >= 4 is 167 Å². The van der Waals surface area contributed by atoms with Crippen molar-refractivity contribution in [3.8, 4) is 22.7 Å². The molecule has 0 amide bonds. The molecule has 20 rings (SSSR count). The van der Waals surface area contributed by atoms with Crippen molar-refractivity contribution in [2.24, 2.45) is 0 Å². The Morgan fingerprint density at radius 3 is 0.883 bits per heavy atom. The molecule has 0 saturated heterocycles. The summed E-state index contributed by atoms with van der Waals surface area (Å²) in [6.07, 6.45) is 11.4. The lowest BCUT2D eigenvalue weighted by atomic mass is 10.1. The van der Waals surface area contributed by atoms with E-state index in [1.54, 1.807) is 0 Å². The fourth-order valence-corrected chi connectivity index (χ4v) is 16.1. The fraction of sp³-hybridized carbons (Fsp3) is 0.0103. The van der Waals surface area contributed by atoms with E-state index in [4.69, 9.17) is 0 Å². The third-order valence-corrected chi connectivity index (χ3v) is 20.8. The molecule has 0 aliphatic heterocycles. The van der Waals surface area contributed by atoms with Gasteiger partial charge in [0.2, 0.25) is 0 Å². The molecule has 0 spiro atoms. The summed E-state index contributed by atoms with van der Waals surface area (Å²) in [6.45, 7) is 24.5. The van der Waals surface area contributed by atoms with Crippen molar-refractivity contribution in [2.75, 3.05) is 0 Å². The number of fused-ring (bicyclic) bond motifs is 21. The molecule has 0 radical (unpaired) electrons. The van der Waals surface area contributed by atoms with Crippen LogP contribution in [0.2, 0.25) is 0 Å². The van der Waals surface area contributed by atoms with Gasteiger partial charge in [-0.2, -0.15) is 0 Å². The van der Waals surface area contributed by atoms with Gasteiger partial charge in [-0.25, -0.2) is 0 Å². The van der Waals surface area contributed by atoms with Gasteiger partial charge in [0.25, 0.3) is 0 Å². The summed E-state index contributed by atoms with van der Waals surface area (Å²) in [5, 5.41) is 15.2. The van der Waals surface area contributed by atoms with Gasteiger partial charge in [-0.3, -0.25) is 0 Å². The quantitative estimate of drug-likeness (QED) is 0.117. The topological polar surface area (TPSA) is 29.6 Å². The van der Waals surface area contributed by atoms with E-state index < -0.39 is 0 Å². The maximum Gasteiger partial charge on any atom is 0.0641 e. The van der Waals surface area contributed by atoms with Crippen molar-refractivity contribution < 1.29 is 0 Å². The Hall–Kier alpha value is -13.7. The highest BCUT2D eigenvalue weighted by molar-refractivity contribution is 6.29. The maximum atomic E-state index is 4.12. The van der Waals surface area contributed by atoms with Crippen molar-refractivity contribution in [2.45, 2.75) is 6.54 Å². The second kappa shape index (κ2) is 25.2. The number of rotatable bonds is 12. The van der Waals surface area contributed by atoms with E-state index in [1.807, 2.05) is 36.6 Å². The summed E-state index contributed by atoms with van der Waals surface area (Å²) in [5.74, 6) is 0. The van der Waals surface area contributed by atoms with Gasteiger partial charge in [-0.15, -0.1) is 0 Å². The third kappa shape index (κ3) is 9.94. The molecule has 6 heterocycles. The number of para-hydroxylation sites is 6. The molecule has 0 atom stereocenters. The van der Waals surface area contributed by atoms with Crippen LogP contribution >= 0.6 is 0 Å². The largest absolute Gasteiger partial charge is 0.335 e. The average Bonchev–Trinajstić information content (AvgIpc) is 1.56. The molecule has 0 fully saturated rings. The first-order chi connectivity index (χ1) is 50.9. The highest BCUT2D eigenvalue weighted by atomic mass is 15.0. The van der Waals surface area contributed by atoms with Gasteiger partial charge in [-0.1, -0.05) is 270 Å². The smallest absolute Gasteiger partial charge is 0.0641 e. The fourth-order valence-electron chi connectivity index (χ4n) is 16.1. The molecule has 14 aromatic carbocycles. The number of nitrogens with zero attached hydrogens (tertiary/aromatic N) is 6. The predicted octanol–water partition coefficient (Wildman–Crippen LogP) is 26.0. The molecular weight excluding hydrogens is 1250 g/mol. The molecule has 6 heteroatoms. The molecule has 0 N–H and O–H groups in total. The second-order valence-electron chi connectivity index (χ2n) is 26.3. The zero-order valence-electron chi connectivity index (χ0n) is 57.0. The molecule has 0 unspecified atom stereocenters. The summed E-state index contributed by atoms with van der Waals surface area (Å²) in [6, 6.07) is 109. The summed E-state index contributed by atoms with van der Waals surface area (Å²) in [5.41, 5.74) is 26.1. The Balaban J connectivity index is 0.000000111. The second-order valence-corrected chi connectivity index (χ2v) is 26.3. The van der Waals surface area contributed by atoms with Crippen molar-refractivity contribution in [3.05, 3.63) is 376 Å². The molecule has 103 heavy (non-hydrogen) atoms. The lowest BCUT2D eigenvalue weighted by Crippen LogP contribution is -2.00. The van der Waals surface area contributed by atoms with E-state index in [1.165, 1.54) is 136 Å². The van der Waals surface area contributed by atoms with Crippen molar-refractivity contribution in [1.82, 2.24) is 27.4 Å². The van der Waals surface area contributed by atoms with Crippen LogP contribution in [0.25, 0.3) is 190 Å². The number of aromatic nitrogens is 6. The van der Waals surface area contributed by atoms with Gasteiger partial charge in [0.1, 0.15) is 0 Å². The van der Waals surface area contributed by atoms with E-state index in [9.17, 15) is 0 Å². The molecule has 6 aromatic heterocycles. The number of hydrogen-bond acceptors (Lipinski definition) is 0. The Bertz CT molecular complexity index is 6830. The minimum atomic E-state index is 0.800. The third-order valence-electron chi connectivity index (χ3n) is 20.8. The van der Waals surface area contributed by atoms with Crippen LogP contribution in [0.1, 0.15) is 33.4 Å². The Morgan fingerprint density at radius 1 is 0.214 bits per heavy atom. The van der Waals surface area contributed by atoms with Gasteiger partial charge in [0.05, 0.1) is 60.7 Å². The van der Waals surface area contributed by atoms with Gasteiger partial charge >= 0.3 is 0 Å². The highest BCUT2D eigenvalue weighted by Gasteiger charge is 2.24. The zero-order valence-corrected chi connectivity index (χ0v) is 57.0. The van der Waals surface area contributed by atoms with Crippen molar-refractivity contribution in [1.29, 1.82) is 0 Å². The average molecular weight is 1320 g/mol. The maximum absolute atomic E-state index is 4.12. The van der Waals surface area contributed by atoms with Gasteiger partial charge in [0.15, 0.2) is 0 Å². The van der Waals surface area contributed by atoms with E-state index in [-0.39, 0.29) is 0 Å². The lowest BCUT2D eigenvalue weighted by Gasteiger charge is -2.10. The molecule has 0 bridgehead atoms. The molecule has 6 nitrogen and oxygen atoms in total. The van der Waals surface area contributed by atoms with Crippen LogP contribution < -0.4 is 0 Å². The molecule has 488 valence electrons. The minimum absolute atomic E-state index is 0.800. The molecule has 0 aliphatic rings. The Morgan fingerprint density at radius 2 is 0.495 bits per heavy atom. The van der Waals surface area contributed by atoms with Crippen LogP contribution in [-0.2, 0) is 6.54 Å². The standard InChI is InChI=1S/C35H26N2.C34H24N2.C28H20N2/c1-3-24-13-15-26(16-14-24)23-36-31-11-7-5-9-28(31)29-21-22-33-34(35(29)36)30-10-6-8-12-32(30)37(33)27-19-17-25(4-2)18-20-27;1-3-23-13-17-25(18-14-23)35-31-12-8-6-10-29(31)33-32(35)22-21-28-27-9-5-7-11-30(27)36(34(28)33)26-19-15-24(4-2)16-20-26;1-3-19-13-15-20(16-14-19)30-25-12-8-6-10-23(25)27-26(30)18-17-22-21-9-5-7-11-24(21)29(4-2)28(22)27/h3-22H,1-2,23H2;3-22H,1-2H2;3-18H,1-2H2. The van der Waals surface area contributed by atoms with Gasteiger partial charge < -0.3 is 27.4 Å². The molecule has 0 aliphatic carbocycles.